The molecule has 0 aromatic heterocycles. The first-order chi connectivity index (χ1) is 6.59. The molecule has 3 heteroatoms. The van der Waals surface area contributed by atoms with Crippen molar-refractivity contribution in [2.24, 2.45) is 5.92 Å². The SMILES string of the molecule is CNC(C)(CO)CCN1CCC(C)C1. The quantitative estimate of drug-likeness (QED) is 0.685. The van der Waals surface area contributed by atoms with Crippen molar-refractivity contribution in [2.45, 2.75) is 32.2 Å². The van der Waals surface area contributed by atoms with Crippen molar-refractivity contribution < 1.29 is 5.11 Å². The number of aliphatic hydroxyl groups excluding tert-OH is 1. The number of hydrogen-bond donors (Lipinski definition) is 2. The minimum atomic E-state index is -0.105. The van der Waals surface area contributed by atoms with E-state index in [1.165, 1.54) is 19.5 Å². The third-order valence-electron chi connectivity index (χ3n) is 3.44. The van der Waals surface area contributed by atoms with Crippen molar-refractivity contribution in [3.8, 4) is 0 Å². The fourth-order valence-electron chi connectivity index (χ4n) is 1.92. The molecule has 0 amide bonds. The van der Waals surface area contributed by atoms with Crippen molar-refractivity contribution in [2.75, 3.05) is 33.3 Å². The van der Waals surface area contributed by atoms with Gasteiger partial charge >= 0.3 is 0 Å². The zero-order chi connectivity index (χ0) is 10.6. The van der Waals surface area contributed by atoms with Gasteiger partial charge in [0.05, 0.1) is 6.61 Å². The second-order valence-corrected chi connectivity index (χ2v) is 4.91. The Morgan fingerprint density at radius 2 is 2.29 bits per heavy atom. The van der Waals surface area contributed by atoms with E-state index in [0.717, 1.165) is 18.9 Å². The standard InChI is InChI=1S/C11H24N2O/c1-10-4-6-13(8-10)7-5-11(2,9-14)12-3/h10,12,14H,4-9H2,1-3H3. The highest BCUT2D eigenvalue weighted by Crippen LogP contribution is 2.17. The van der Waals surface area contributed by atoms with Crippen molar-refractivity contribution in [3.05, 3.63) is 0 Å². The van der Waals surface area contributed by atoms with Gasteiger partial charge in [-0.05, 0) is 45.8 Å². The first-order valence-corrected chi connectivity index (χ1v) is 5.62. The lowest BCUT2D eigenvalue weighted by atomic mass is 9.99. The second kappa shape index (κ2) is 5.10. The summed E-state index contributed by atoms with van der Waals surface area (Å²) in [7, 11) is 1.92. The molecule has 1 rings (SSSR count). The predicted molar refractivity (Wildman–Crippen MR) is 59.4 cm³/mol. The molecule has 2 atom stereocenters. The highest BCUT2D eigenvalue weighted by Gasteiger charge is 2.24. The summed E-state index contributed by atoms with van der Waals surface area (Å²) in [5, 5.41) is 12.4. The highest BCUT2D eigenvalue weighted by molar-refractivity contribution is 4.83. The maximum absolute atomic E-state index is 9.23. The topological polar surface area (TPSA) is 35.5 Å². The lowest BCUT2D eigenvalue weighted by Crippen LogP contribution is -2.45. The van der Waals surface area contributed by atoms with E-state index in [0.29, 0.717) is 0 Å². The Morgan fingerprint density at radius 1 is 1.57 bits per heavy atom. The highest BCUT2D eigenvalue weighted by atomic mass is 16.3. The summed E-state index contributed by atoms with van der Waals surface area (Å²) in [5.41, 5.74) is -0.105. The summed E-state index contributed by atoms with van der Waals surface area (Å²) >= 11 is 0. The summed E-state index contributed by atoms with van der Waals surface area (Å²) in [4.78, 5) is 2.50. The molecule has 14 heavy (non-hydrogen) atoms. The van der Waals surface area contributed by atoms with Gasteiger partial charge in [0.15, 0.2) is 0 Å². The van der Waals surface area contributed by atoms with Gasteiger partial charge in [-0.1, -0.05) is 6.92 Å². The lowest BCUT2D eigenvalue weighted by Gasteiger charge is -2.29. The van der Waals surface area contributed by atoms with Gasteiger partial charge in [0.2, 0.25) is 0 Å². The number of aliphatic hydroxyl groups is 1. The van der Waals surface area contributed by atoms with E-state index in [1.54, 1.807) is 0 Å². The third-order valence-corrected chi connectivity index (χ3v) is 3.44. The van der Waals surface area contributed by atoms with Crippen molar-refractivity contribution in [1.29, 1.82) is 0 Å². The van der Waals surface area contributed by atoms with Crippen LogP contribution in [0.4, 0.5) is 0 Å². The number of nitrogens with zero attached hydrogens (tertiary/aromatic N) is 1. The third kappa shape index (κ3) is 3.23. The van der Waals surface area contributed by atoms with Crippen LogP contribution in [0.2, 0.25) is 0 Å². The van der Waals surface area contributed by atoms with Crippen molar-refractivity contribution >= 4 is 0 Å². The van der Waals surface area contributed by atoms with Gasteiger partial charge < -0.3 is 15.3 Å². The van der Waals surface area contributed by atoms with E-state index in [9.17, 15) is 5.11 Å². The number of likely N-dealkylation sites (N-methyl/N-ethyl adjacent to an activating group) is 1. The van der Waals surface area contributed by atoms with E-state index >= 15 is 0 Å². The van der Waals surface area contributed by atoms with Crippen LogP contribution in [0, 0.1) is 5.92 Å². The average Bonchev–Trinajstić information content (AvgIpc) is 2.61. The molecule has 1 aliphatic heterocycles. The Balaban J connectivity index is 2.25. The zero-order valence-corrected chi connectivity index (χ0v) is 9.71. The van der Waals surface area contributed by atoms with Crippen LogP contribution in [0.15, 0.2) is 0 Å². The molecule has 2 N–H and O–H groups in total. The summed E-state index contributed by atoms with van der Waals surface area (Å²) in [6, 6.07) is 0. The van der Waals surface area contributed by atoms with Crippen molar-refractivity contribution in [1.82, 2.24) is 10.2 Å². The molecule has 1 aliphatic rings. The summed E-state index contributed by atoms with van der Waals surface area (Å²) < 4.78 is 0. The van der Waals surface area contributed by atoms with Gasteiger partial charge in [-0.3, -0.25) is 0 Å². The molecule has 0 saturated carbocycles. The minimum absolute atomic E-state index is 0.105. The van der Waals surface area contributed by atoms with Gasteiger partial charge in [-0.25, -0.2) is 0 Å². The van der Waals surface area contributed by atoms with Crippen LogP contribution >= 0.6 is 0 Å². The van der Waals surface area contributed by atoms with Gasteiger partial charge in [0, 0.05) is 12.1 Å². The largest absolute Gasteiger partial charge is 0.394 e. The maximum atomic E-state index is 9.23. The van der Waals surface area contributed by atoms with E-state index in [2.05, 4.69) is 24.1 Å². The van der Waals surface area contributed by atoms with Crippen LogP contribution in [-0.4, -0.2) is 48.8 Å². The number of likely N-dealkylation sites (tertiary alicyclic amines) is 1. The maximum Gasteiger partial charge on any atom is 0.0610 e. The molecule has 3 nitrogen and oxygen atoms in total. The Labute approximate surface area is 87.5 Å². The minimum Gasteiger partial charge on any atom is -0.394 e. The van der Waals surface area contributed by atoms with Gasteiger partial charge in [0.1, 0.15) is 0 Å². The molecular weight excluding hydrogens is 176 g/mol. The summed E-state index contributed by atoms with van der Waals surface area (Å²) in [5.74, 6) is 0.852. The molecule has 84 valence electrons. The Bertz CT molecular complexity index is 169. The number of nitrogens with one attached hydrogen (secondary N) is 1. The van der Waals surface area contributed by atoms with Gasteiger partial charge in [0.25, 0.3) is 0 Å². The first kappa shape index (κ1) is 12.0. The predicted octanol–water partition coefficient (Wildman–Crippen LogP) is 0.689. The molecule has 0 spiro atoms. The van der Waals surface area contributed by atoms with Gasteiger partial charge in [-0.2, -0.15) is 0 Å². The van der Waals surface area contributed by atoms with E-state index < -0.39 is 0 Å². The molecule has 0 aliphatic carbocycles. The molecule has 0 bridgehead atoms. The summed E-state index contributed by atoms with van der Waals surface area (Å²) in [6.45, 7) is 8.16. The fourth-order valence-corrected chi connectivity index (χ4v) is 1.92. The van der Waals surface area contributed by atoms with E-state index in [-0.39, 0.29) is 12.1 Å². The first-order valence-electron chi connectivity index (χ1n) is 5.62. The molecule has 1 saturated heterocycles. The second-order valence-electron chi connectivity index (χ2n) is 4.91. The summed E-state index contributed by atoms with van der Waals surface area (Å²) in [6.07, 6.45) is 2.35. The van der Waals surface area contributed by atoms with E-state index in [4.69, 9.17) is 0 Å². The molecule has 0 radical (unpaired) electrons. The van der Waals surface area contributed by atoms with Crippen molar-refractivity contribution in [3.63, 3.8) is 0 Å². The van der Waals surface area contributed by atoms with Crippen LogP contribution in [-0.2, 0) is 0 Å². The molecule has 1 heterocycles. The zero-order valence-electron chi connectivity index (χ0n) is 9.71. The molecular formula is C11H24N2O. The Hall–Kier alpha value is -0.120. The smallest absolute Gasteiger partial charge is 0.0610 e. The number of rotatable bonds is 5. The average molecular weight is 200 g/mol. The normalized spacial score (nSPS) is 27.9. The van der Waals surface area contributed by atoms with Crippen LogP contribution in [0.1, 0.15) is 26.7 Å². The Morgan fingerprint density at radius 3 is 2.71 bits per heavy atom. The number of hydrogen-bond acceptors (Lipinski definition) is 3. The molecule has 0 aromatic carbocycles. The van der Waals surface area contributed by atoms with E-state index in [1.807, 2.05) is 7.05 Å². The fraction of sp³-hybridized carbons (Fsp3) is 1.00. The monoisotopic (exact) mass is 200 g/mol. The molecule has 0 aromatic rings. The van der Waals surface area contributed by atoms with Gasteiger partial charge in [-0.15, -0.1) is 0 Å². The van der Waals surface area contributed by atoms with Crippen LogP contribution in [0.5, 0.6) is 0 Å². The Kier molecular flexibility index (Phi) is 4.35. The molecule has 1 fully saturated rings. The molecule has 2 unspecified atom stereocenters. The van der Waals surface area contributed by atoms with Crippen LogP contribution in [0.3, 0.4) is 0 Å². The van der Waals surface area contributed by atoms with Crippen LogP contribution in [0.25, 0.3) is 0 Å². The lowest BCUT2D eigenvalue weighted by molar-refractivity contribution is 0.157. The van der Waals surface area contributed by atoms with Crippen LogP contribution < -0.4 is 5.32 Å².